The minimum Gasteiger partial charge on any atom is -0.342 e. The molecule has 7 nitrogen and oxygen atoms in total. The number of piperidine rings is 1. The number of pyridine rings is 1. The van der Waals surface area contributed by atoms with Crippen molar-refractivity contribution in [1.82, 2.24) is 19.8 Å². The molecule has 1 amide bonds. The number of amides is 1. The molecule has 1 spiro atoms. The number of carbonyl (C=O) groups is 1. The van der Waals surface area contributed by atoms with Crippen molar-refractivity contribution in [3.05, 3.63) is 58.9 Å². The van der Waals surface area contributed by atoms with Crippen molar-refractivity contribution in [2.45, 2.75) is 45.1 Å². The van der Waals surface area contributed by atoms with Crippen molar-refractivity contribution in [2.24, 2.45) is 10.5 Å². The summed E-state index contributed by atoms with van der Waals surface area (Å²) in [6, 6.07) is 11.4. The maximum Gasteiger partial charge on any atom is 0.228 e. The molecular formula is C27H34N6O. The van der Waals surface area contributed by atoms with Gasteiger partial charge in [0.25, 0.3) is 0 Å². The average Bonchev–Trinajstić information content (AvgIpc) is 3.44. The van der Waals surface area contributed by atoms with Gasteiger partial charge in [-0.05, 0) is 72.9 Å². The van der Waals surface area contributed by atoms with Gasteiger partial charge in [-0.3, -0.25) is 14.7 Å². The van der Waals surface area contributed by atoms with Gasteiger partial charge in [0, 0.05) is 57.4 Å². The van der Waals surface area contributed by atoms with E-state index in [4.69, 9.17) is 0 Å². The number of carbonyl (C=O) groups excluding carboxylic acids is 1. The van der Waals surface area contributed by atoms with Crippen LogP contribution in [0.4, 0.5) is 5.69 Å². The first kappa shape index (κ1) is 21.7. The summed E-state index contributed by atoms with van der Waals surface area (Å²) < 4.78 is 0. The van der Waals surface area contributed by atoms with Crippen molar-refractivity contribution < 1.29 is 4.79 Å². The second-order valence-electron chi connectivity index (χ2n) is 10.7. The van der Waals surface area contributed by atoms with E-state index in [0.717, 1.165) is 55.8 Å². The third kappa shape index (κ3) is 3.91. The lowest BCUT2D eigenvalue weighted by Gasteiger charge is -2.56. The van der Waals surface area contributed by atoms with Crippen molar-refractivity contribution in [3.8, 4) is 0 Å². The Balaban J connectivity index is 1.03. The van der Waals surface area contributed by atoms with Gasteiger partial charge in [0.1, 0.15) is 0 Å². The Morgan fingerprint density at radius 2 is 1.97 bits per heavy atom. The number of aryl methyl sites for hydroxylation is 2. The highest BCUT2D eigenvalue weighted by Gasteiger charge is 2.48. The molecule has 1 aromatic carbocycles. The van der Waals surface area contributed by atoms with Crippen molar-refractivity contribution in [3.63, 3.8) is 0 Å². The van der Waals surface area contributed by atoms with E-state index < -0.39 is 0 Å². The number of hydrazine groups is 1. The highest BCUT2D eigenvalue weighted by Crippen LogP contribution is 2.48. The molecule has 4 heterocycles. The number of rotatable bonds is 4. The summed E-state index contributed by atoms with van der Waals surface area (Å²) in [5.74, 6) is 0.218. The first-order valence-electron chi connectivity index (χ1n) is 12.6. The van der Waals surface area contributed by atoms with Crippen LogP contribution in [0.25, 0.3) is 0 Å². The first-order chi connectivity index (χ1) is 16.5. The minimum absolute atomic E-state index is 0.218. The average molecular weight is 459 g/mol. The number of hydrazone groups is 1. The molecule has 7 heteroatoms. The third-order valence-electron chi connectivity index (χ3n) is 8.26. The second-order valence-corrected chi connectivity index (χ2v) is 10.7. The fraction of sp³-hybridized carbons (Fsp3) is 0.519. The fourth-order valence-electron chi connectivity index (χ4n) is 6.20. The highest BCUT2D eigenvalue weighted by atomic mass is 16.2. The Labute approximate surface area is 202 Å². The molecule has 3 aliphatic heterocycles. The maximum atomic E-state index is 12.8. The SMILES string of the molecule is Cc1ccc(CC(=O)N2CCC3(CC2)CN(C2CCc4cc(N5N=CCN5C)ccc42)C3)nc1. The molecule has 2 aromatic rings. The van der Waals surface area contributed by atoms with Gasteiger partial charge in [-0.15, -0.1) is 0 Å². The Hall–Kier alpha value is -2.77. The fourth-order valence-corrected chi connectivity index (χ4v) is 6.20. The van der Waals surface area contributed by atoms with E-state index in [1.165, 1.54) is 30.6 Å². The lowest BCUT2D eigenvalue weighted by Crippen LogP contribution is -2.61. The van der Waals surface area contributed by atoms with Gasteiger partial charge < -0.3 is 4.90 Å². The Morgan fingerprint density at radius 1 is 1.15 bits per heavy atom. The Kier molecular flexibility index (Phi) is 5.41. The summed E-state index contributed by atoms with van der Waals surface area (Å²) in [4.78, 5) is 21.9. The molecule has 0 N–H and O–H groups in total. The molecule has 2 saturated heterocycles. The molecule has 1 aromatic heterocycles. The van der Waals surface area contributed by atoms with Crippen molar-refractivity contribution in [1.29, 1.82) is 0 Å². The van der Waals surface area contributed by atoms with Crippen LogP contribution in [0.3, 0.4) is 0 Å². The van der Waals surface area contributed by atoms with Gasteiger partial charge in [0.2, 0.25) is 5.91 Å². The molecular weight excluding hydrogens is 424 g/mol. The number of fused-ring (bicyclic) bond motifs is 1. The molecule has 6 rings (SSSR count). The zero-order chi connectivity index (χ0) is 23.3. The van der Waals surface area contributed by atoms with Crippen LogP contribution in [0, 0.1) is 12.3 Å². The molecule has 1 aliphatic carbocycles. The van der Waals surface area contributed by atoms with Crippen molar-refractivity contribution >= 4 is 17.8 Å². The number of aromatic nitrogens is 1. The quantitative estimate of drug-likeness (QED) is 0.704. The summed E-state index contributed by atoms with van der Waals surface area (Å²) in [6.07, 6.45) is 8.81. The summed E-state index contributed by atoms with van der Waals surface area (Å²) in [7, 11) is 2.07. The zero-order valence-corrected chi connectivity index (χ0v) is 20.3. The highest BCUT2D eigenvalue weighted by molar-refractivity contribution is 5.78. The monoisotopic (exact) mass is 458 g/mol. The van der Waals surface area contributed by atoms with Crippen LogP contribution in [0.1, 0.15) is 47.7 Å². The molecule has 0 bridgehead atoms. The number of nitrogens with zero attached hydrogens (tertiary/aromatic N) is 6. The molecule has 0 radical (unpaired) electrons. The minimum atomic E-state index is 0.218. The van der Waals surface area contributed by atoms with Crippen LogP contribution in [0.15, 0.2) is 41.6 Å². The van der Waals surface area contributed by atoms with Gasteiger partial charge in [0.05, 0.1) is 18.7 Å². The van der Waals surface area contributed by atoms with Crippen LogP contribution in [0.2, 0.25) is 0 Å². The Morgan fingerprint density at radius 3 is 2.68 bits per heavy atom. The van der Waals surface area contributed by atoms with E-state index in [1.54, 1.807) is 0 Å². The predicted octanol–water partition coefficient (Wildman–Crippen LogP) is 3.20. The Bertz CT molecular complexity index is 1100. The van der Waals surface area contributed by atoms with Gasteiger partial charge in [-0.2, -0.15) is 15.2 Å². The number of hydrogen-bond donors (Lipinski definition) is 0. The van der Waals surface area contributed by atoms with Crippen LogP contribution in [-0.2, 0) is 17.6 Å². The predicted molar refractivity (Wildman–Crippen MR) is 134 cm³/mol. The largest absolute Gasteiger partial charge is 0.342 e. The van der Waals surface area contributed by atoms with Crippen molar-refractivity contribution in [2.75, 3.05) is 44.9 Å². The van der Waals surface area contributed by atoms with E-state index in [2.05, 4.69) is 50.1 Å². The summed E-state index contributed by atoms with van der Waals surface area (Å²) in [5.41, 5.74) is 6.54. The summed E-state index contributed by atoms with van der Waals surface area (Å²) in [6.45, 7) is 6.98. The van der Waals surface area contributed by atoms with Gasteiger partial charge in [-0.1, -0.05) is 12.1 Å². The number of hydrogen-bond acceptors (Lipinski definition) is 6. The van der Waals surface area contributed by atoms with E-state index in [1.807, 2.05) is 36.6 Å². The van der Waals surface area contributed by atoms with E-state index in [0.29, 0.717) is 17.9 Å². The van der Waals surface area contributed by atoms with Crippen LogP contribution >= 0.6 is 0 Å². The normalized spacial score (nSPS) is 24.0. The summed E-state index contributed by atoms with van der Waals surface area (Å²) >= 11 is 0. The van der Waals surface area contributed by atoms with E-state index >= 15 is 0 Å². The lowest BCUT2D eigenvalue weighted by molar-refractivity contribution is -0.136. The topological polar surface area (TPSA) is 55.3 Å². The zero-order valence-electron chi connectivity index (χ0n) is 20.3. The molecule has 34 heavy (non-hydrogen) atoms. The number of benzene rings is 1. The number of anilines is 1. The third-order valence-corrected chi connectivity index (χ3v) is 8.26. The number of likely N-dealkylation sites (tertiary alicyclic amines) is 2. The first-order valence-corrected chi connectivity index (χ1v) is 12.6. The molecule has 1 atom stereocenters. The van der Waals surface area contributed by atoms with Gasteiger partial charge in [-0.25, -0.2) is 0 Å². The van der Waals surface area contributed by atoms with Gasteiger partial charge >= 0.3 is 0 Å². The standard InChI is InChI=1S/C27H34N6O/c1-20-3-5-22(28-17-20)16-26(34)31-12-9-27(10-13-31)18-32(19-27)25-8-4-21-15-23(6-7-24(21)25)33-29-11-14-30(33)2/h3,5-7,11,15,17,25H,4,8-10,12-14,16,18-19H2,1-2H3. The smallest absolute Gasteiger partial charge is 0.228 e. The molecule has 0 saturated carbocycles. The van der Waals surface area contributed by atoms with Crippen LogP contribution in [0.5, 0.6) is 0 Å². The molecule has 2 fully saturated rings. The van der Waals surface area contributed by atoms with E-state index in [-0.39, 0.29) is 5.91 Å². The lowest BCUT2D eigenvalue weighted by atomic mass is 9.71. The molecule has 4 aliphatic rings. The van der Waals surface area contributed by atoms with Crippen LogP contribution in [-0.4, -0.2) is 71.7 Å². The second kappa shape index (κ2) is 8.47. The molecule has 178 valence electrons. The maximum absolute atomic E-state index is 12.8. The van der Waals surface area contributed by atoms with E-state index in [9.17, 15) is 4.79 Å². The molecule has 1 unspecified atom stereocenters. The summed E-state index contributed by atoms with van der Waals surface area (Å²) in [5, 5.41) is 8.61. The van der Waals surface area contributed by atoms with Crippen LogP contribution < -0.4 is 5.12 Å². The van der Waals surface area contributed by atoms with Gasteiger partial charge in [0.15, 0.2) is 0 Å².